The second kappa shape index (κ2) is 6.83. The van der Waals surface area contributed by atoms with Crippen LogP contribution in [0.25, 0.3) is 0 Å². The SMILES string of the molecule is Cc1ccc([C@@H](C)NCc2cc(Br)cc([N+](=O)[O-])c2)cc1. The quantitative estimate of drug-likeness (QED) is 0.638. The van der Waals surface area contributed by atoms with Crippen LogP contribution < -0.4 is 5.32 Å². The fraction of sp³-hybridized carbons (Fsp3) is 0.250. The van der Waals surface area contributed by atoms with Crippen molar-refractivity contribution in [1.29, 1.82) is 0 Å². The molecule has 0 aromatic heterocycles. The third-order valence-electron chi connectivity index (χ3n) is 3.34. The summed E-state index contributed by atoms with van der Waals surface area (Å²) in [6, 6.07) is 13.5. The van der Waals surface area contributed by atoms with Gasteiger partial charge in [-0.15, -0.1) is 0 Å². The van der Waals surface area contributed by atoms with E-state index in [0.717, 1.165) is 10.0 Å². The van der Waals surface area contributed by atoms with Gasteiger partial charge in [-0.3, -0.25) is 10.1 Å². The molecular weight excluding hydrogens is 332 g/mol. The Hall–Kier alpha value is -1.72. The molecule has 2 rings (SSSR count). The smallest absolute Gasteiger partial charge is 0.270 e. The summed E-state index contributed by atoms with van der Waals surface area (Å²) in [7, 11) is 0. The Bertz CT molecular complexity index is 641. The Labute approximate surface area is 132 Å². The highest BCUT2D eigenvalue weighted by Gasteiger charge is 2.10. The van der Waals surface area contributed by atoms with Crippen LogP contribution in [0.1, 0.15) is 29.7 Å². The maximum atomic E-state index is 10.9. The second-order valence-electron chi connectivity index (χ2n) is 5.09. The number of non-ortho nitro benzene ring substituents is 1. The van der Waals surface area contributed by atoms with E-state index < -0.39 is 0 Å². The lowest BCUT2D eigenvalue weighted by Gasteiger charge is -2.14. The van der Waals surface area contributed by atoms with E-state index in [-0.39, 0.29) is 16.7 Å². The summed E-state index contributed by atoms with van der Waals surface area (Å²) < 4.78 is 0.719. The van der Waals surface area contributed by atoms with Crippen LogP contribution in [0, 0.1) is 17.0 Å². The summed E-state index contributed by atoms with van der Waals surface area (Å²) in [4.78, 5) is 10.5. The zero-order chi connectivity index (χ0) is 15.4. The minimum Gasteiger partial charge on any atom is -0.306 e. The minimum absolute atomic E-state index is 0.101. The van der Waals surface area contributed by atoms with Crippen LogP contribution in [0.15, 0.2) is 46.9 Å². The van der Waals surface area contributed by atoms with Crippen molar-refractivity contribution < 1.29 is 4.92 Å². The van der Waals surface area contributed by atoms with E-state index in [4.69, 9.17) is 0 Å². The molecular formula is C16H17BrN2O2. The number of nitrogens with one attached hydrogen (secondary N) is 1. The van der Waals surface area contributed by atoms with Gasteiger partial charge in [0.25, 0.3) is 5.69 Å². The van der Waals surface area contributed by atoms with E-state index in [1.165, 1.54) is 17.2 Å². The molecule has 2 aromatic carbocycles. The molecule has 0 unspecified atom stereocenters. The first kappa shape index (κ1) is 15.7. The molecule has 21 heavy (non-hydrogen) atoms. The zero-order valence-corrected chi connectivity index (χ0v) is 13.6. The molecule has 0 saturated carbocycles. The number of halogens is 1. The van der Waals surface area contributed by atoms with E-state index in [1.807, 2.05) is 6.07 Å². The average Bonchev–Trinajstić information content (AvgIpc) is 2.45. The molecule has 0 saturated heterocycles. The number of nitrogens with zero attached hydrogens (tertiary/aromatic N) is 1. The number of hydrogen-bond donors (Lipinski definition) is 1. The van der Waals surface area contributed by atoms with E-state index in [9.17, 15) is 10.1 Å². The Morgan fingerprint density at radius 1 is 1.24 bits per heavy atom. The van der Waals surface area contributed by atoms with Gasteiger partial charge in [0.05, 0.1) is 4.92 Å². The first-order valence-corrected chi connectivity index (χ1v) is 7.49. The molecule has 0 aliphatic carbocycles. The number of hydrogen-bond acceptors (Lipinski definition) is 3. The van der Waals surface area contributed by atoms with Crippen LogP contribution in [-0.2, 0) is 6.54 Å². The molecule has 0 radical (unpaired) electrons. The monoisotopic (exact) mass is 348 g/mol. The van der Waals surface area contributed by atoms with Gasteiger partial charge in [-0.2, -0.15) is 0 Å². The molecule has 0 fully saturated rings. The van der Waals surface area contributed by atoms with Gasteiger partial charge < -0.3 is 5.32 Å². The van der Waals surface area contributed by atoms with Gasteiger partial charge in [-0.1, -0.05) is 45.8 Å². The Morgan fingerprint density at radius 2 is 1.90 bits per heavy atom. The van der Waals surface area contributed by atoms with Crippen molar-refractivity contribution in [2.24, 2.45) is 0 Å². The third-order valence-corrected chi connectivity index (χ3v) is 3.80. The highest BCUT2D eigenvalue weighted by Crippen LogP contribution is 2.22. The summed E-state index contributed by atoms with van der Waals surface area (Å²) in [6.07, 6.45) is 0. The number of benzene rings is 2. The lowest BCUT2D eigenvalue weighted by Crippen LogP contribution is -2.18. The molecule has 0 spiro atoms. The van der Waals surface area contributed by atoms with E-state index >= 15 is 0 Å². The van der Waals surface area contributed by atoms with Crippen LogP contribution >= 0.6 is 15.9 Å². The predicted molar refractivity (Wildman–Crippen MR) is 87.2 cm³/mol. The summed E-state index contributed by atoms with van der Waals surface area (Å²) in [5.41, 5.74) is 3.41. The van der Waals surface area contributed by atoms with Gasteiger partial charge >= 0.3 is 0 Å². The van der Waals surface area contributed by atoms with Gasteiger partial charge in [0.15, 0.2) is 0 Å². The van der Waals surface area contributed by atoms with Crippen molar-refractivity contribution in [3.63, 3.8) is 0 Å². The van der Waals surface area contributed by atoms with E-state index in [2.05, 4.69) is 59.4 Å². The molecule has 5 heteroatoms. The van der Waals surface area contributed by atoms with Crippen molar-refractivity contribution in [1.82, 2.24) is 5.32 Å². The topological polar surface area (TPSA) is 55.2 Å². The summed E-state index contributed by atoms with van der Waals surface area (Å²) >= 11 is 3.31. The average molecular weight is 349 g/mol. The molecule has 0 amide bonds. The van der Waals surface area contributed by atoms with Crippen molar-refractivity contribution >= 4 is 21.6 Å². The summed E-state index contributed by atoms with van der Waals surface area (Å²) in [5, 5.41) is 14.2. The highest BCUT2D eigenvalue weighted by molar-refractivity contribution is 9.10. The maximum Gasteiger partial charge on any atom is 0.270 e. The summed E-state index contributed by atoms with van der Waals surface area (Å²) in [6.45, 7) is 4.72. The molecule has 1 N–H and O–H groups in total. The second-order valence-corrected chi connectivity index (χ2v) is 6.00. The molecule has 110 valence electrons. The van der Waals surface area contributed by atoms with Crippen molar-refractivity contribution in [3.05, 3.63) is 73.7 Å². The van der Waals surface area contributed by atoms with E-state index in [0.29, 0.717) is 6.54 Å². The molecule has 0 aliphatic heterocycles. The fourth-order valence-corrected chi connectivity index (χ4v) is 2.61. The van der Waals surface area contributed by atoms with Gasteiger partial charge in [0.2, 0.25) is 0 Å². The van der Waals surface area contributed by atoms with E-state index in [1.54, 1.807) is 6.07 Å². The maximum absolute atomic E-state index is 10.9. The van der Waals surface area contributed by atoms with Crippen LogP contribution in [-0.4, -0.2) is 4.92 Å². The largest absolute Gasteiger partial charge is 0.306 e. The lowest BCUT2D eigenvalue weighted by atomic mass is 10.1. The third kappa shape index (κ3) is 4.37. The number of aryl methyl sites for hydroxylation is 1. The van der Waals surface area contributed by atoms with Crippen LogP contribution in [0.2, 0.25) is 0 Å². The first-order chi connectivity index (χ1) is 9.95. The Kier molecular flexibility index (Phi) is 5.09. The van der Waals surface area contributed by atoms with Gasteiger partial charge in [-0.05, 0) is 31.0 Å². The predicted octanol–water partition coefficient (Wildman–Crippen LogP) is 4.52. The van der Waals surface area contributed by atoms with Crippen LogP contribution in [0.5, 0.6) is 0 Å². The number of rotatable bonds is 5. The minimum atomic E-state index is -0.377. The number of nitro benzene ring substituents is 1. The van der Waals surface area contributed by atoms with Gasteiger partial charge in [0.1, 0.15) is 0 Å². The molecule has 0 heterocycles. The number of nitro groups is 1. The molecule has 0 bridgehead atoms. The highest BCUT2D eigenvalue weighted by atomic mass is 79.9. The molecule has 0 aliphatic rings. The molecule has 1 atom stereocenters. The molecule has 4 nitrogen and oxygen atoms in total. The van der Waals surface area contributed by atoms with Crippen LogP contribution in [0.4, 0.5) is 5.69 Å². The standard InChI is InChI=1S/C16H17BrN2O2/c1-11-3-5-14(6-4-11)12(2)18-10-13-7-15(17)9-16(8-13)19(20)21/h3-9,12,18H,10H2,1-2H3/t12-/m1/s1. The van der Waals surface area contributed by atoms with Crippen molar-refractivity contribution in [2.75, 3.05) is 0 Å². The Morgan fingerprint density at radius 3 is 2.52 bits per heavy atom. The fourth-order valence-electron chi connectivity index (χ4n) is 2.08. The normalized spacial score (nSPS) is 12.1. The lowest BCUT2D eigenvalue weighted by molar-refractivity contribution is -0.385. The van der Waals surface area contributed by atoms with Crippen molar-refractivity contribution in [2.45, 2.75) is 26.4 Å². The van der Waals surface area contributed by atoms with Gasteiger partial charge in [-0.25, -0.2) is 0 Å². The Balaban J connectivity index is 2.05. The first-order valence-electron chi connectivity index (χ1n) is 6.69. The molecule has 2 aromatic rings. The van der Waals surface area contributed by atoms with Crippen LogP contribution in [0.3, 0.4) is 0 Å². The zero-order valence-electron chi connectivity index (χ0n) is 12.0. The van der Waals surface area contributed by atoms with Gasteiger partial charge in [0, 0.05) is 29.2 Å². The van der Waals surface area contributed by atoms with Crippen molar-refractivity contribution in [3.8, 4) is 0 Å². The summed E-state index contributed by atoms with van der Waals surface area (Å²) in [5.74, 6) is 0.